The largest absolute Gasteiger partial charge is 0.0885 e. The fourth-order valence-electron chi connectivity index (χ4n) is 1.34. The van der Waals surface area contributed by atoms with Crippen LogP contribution in [0, 0.1) is 6.08 Å². The zero-order valence-electron chi connectivity index (χ0n) is 8.78. The van der Waals surface area contributed by atoms with Crippen molar-refractivity contribution in [2.24, 2.45) is 0 Å². The second kappa shape index (κ2) is 8.55. The van der Waals surface area contributed by atoms with Crippen LogP contribution in [0.3, 0.4) is 0 Å². The van der Waals surface area contributed by atoms with E-state index in [2.05, 4.69) is 48.6 Å². The fraction of sp³-hybridized carbons (Fsp3) is 0.429. The molecule has 0 heterocycles. The Bertz CT molecular complexity index is 228. The Morgan fingerprint density at radius 3 is 2.57 bits per heavy atom. The second-order valence-electron chi connectivity index (χ2n) is 3.44. The number of allylic oxidation sites excluding steroid dienone is 8. The molecule has 0 aromatic rings. The van der Waals surface area contributed by atoms with Gasteiger partial charge in [-0.05, 0) is 44.6 Å². The Morgan fingerprint density at radius 1 is 0.786 bits per heavy atom. The van der Waals surface area contributed by atoms with Gasteiger partial charge in [0, 0.05) is 0 Å². The van der Waals surface area contributed by atoms with E-state index in [0.717, 1.165) is 19.3 Å². The van der Waals surface area contributed by atoms with E-state index >= 15 is 0 Å². The Morgan fingerprint density at radius 2 is 1.57 bits per heavy atom. The molecule has 0 spiro atoms. The van der Waals surface area contributed by atoms with Gasteiger partial charge in [-0.15, -0.1) is 0 Å². The lowest BCUT2D eigenvalue weighted by atomic mass is 10.2. The summed E-state index contributed by atoms with van der Waals surface area (Å²) in [6, 6.07) is 0. The summed E-state index contributed by atoms with van der Waals surface area (Å²) in [6.45, 7) is 0. The van der Waals surface area contributed by atoms with Gasteiger partial charge in [-0.25, -0.2) is 0 Å². The molecular weight excluding hydrogens is 168 g/mol. The van der Waals surface area contributed by atoms with Crippen LogP contribution in [-0.2, 0) is 0 Å². The SMILES string of the molecule is [C]1=C/C/C=C/C=C\CCC/C=C/CC/1. The standard InChI is InChI=1S/C14H19/c1-2-4-6-8-10-12-14-13-11-9-7-5-3-1/h1-4,7,12,14H,5-6,8,10-11,13H2/b3-1+,4-2-,9-7?,14-12+. The van der Waals surface area contributed by atoms with Crippen molar-refractivity contribution in [2.45, 2.75) is 38.5 Å². The van der Waals surface area contributed by atoms with Crippen LogP contribution in [0.2, 0.25) is 0 Å². The molecule has 0 amide bonds. The summed E-state index contributed by atoms with van der Waals surface area (Å²) in [7, 11) is 0. The van der Waals surface area contributed by atoms with Gasteiger partial charge in [0.25, 0.3) is 0 Å². The van der Waals surface area contributed by atoms with E-state index in [9.17, 15) is 0 Å². The van der Waals surface area contributed by atoms with E-state index in [-0.39, 0.29) is 0 Å². The molecule has 0 saturated carbocycles. The summed E-state index contributed by atoms with van der Waals surface area (Å²) in [6.07, 6.45) is 25.5. The third-order valence-electron chi connectivity index (χ3n) is 2.15. The molecule has 0 aliphatic heterocycles. The molecule has 14 heavy (non-hydrogen) atoms. The maximum absolute atomic E-state index is 3.29. The van der Waals surface area contributed by atoms with Crippen LogP contribution in [0.25, 0.3) is 0 Å². The maximum Gasteiger partial charge on any atom is -0.0160 e. The molecule has 0 heteroatoms. The van der Waals surface area contributed by atoms with E-state index in [4.69, 9.17) is 0 Å². The van der Waals surface area contributed by atoms with Gasteiger partial charge >= 0.3 is 0 Å². The van der Waals surface area contributed by atoms with Crippen LogP contribution in [0.15, 0.2) is 42.5 Å². The lowest BCUT2D eigenvalue weighted by Crippen LogP contribution is -1.71. The molecule has 0 N–H and O–H groups in total. The Balaban J connectivity index is 2.34. The average molecular weight is 187 g/mol. The highest BCUT2D eigenvalue weighted by Crippen LogP contribution is 2.01. The summed E-state index contributed by atoms with van der Waals surface area (Å²) in [5.74, 6) is 0. The van der Waals surface area contributed by atoms with Crippen molar-refractivity contribution in [1.29, 1.82) is 0 Å². The van der Waals surface area contributed by atoms with Crippen LogP contribution in [0.4, 0.5) is 0 Å². The molecule has 75 valence electrons. The normalized spacial score (nSPS) is 28.6. The molecule has 1 radical (unpaired) electrons. The van der Waals surface area contributed by atoms with E-state index in [1.807, 2.05) is 0 Å². The van der Waals surface area contributed by atoms with Crippen LogP contribution in [0.1, 0.15) is 38.5 Å². The predicted octanol–water partition coefficient (Wildman–Crippen LogP) is 4.37. The smallest absolute Gasteiger partial charge is 0.0160 e. The van der Waals surface area contributed by atoms with Gasteiger partial charge in [-0.1, -0.05) is 42.5 Å². The van der Waals surface area contributed by atoms with Gasteiger partial charge in [0.1, 0.15) is 0 Å². The first kappa shape index (κ1) is 11.0. The van der Waals surface area contributed by atoms with Crippen molar-refractivity contribution < 1.29 is 0 Å². The molecule has 0 atom stereocenters. The van der Waals surface area contributed by atoms with Gasteiger partial charge < -0.3 is 0 Å². The van der Waals surface area contributed by atoms with E-state index in [1.165, 1.54) is 19.3 Å². The van der Waals surface area contributed by atoms with E-state index in [1.54, 1.807) is 0 Å². The highest BCUT2D eigenvalue weighted by Gasteiger charge is 1.82. The number of hydrogen-bond donors (Lipinski definition) is 0. The van der Waals surface area contributed by atoms with Gasteiger partial charge in [-0.3, -0.25) is 0 Å². The zero-order valence-corrected chi connectivity index (χ0v) is 8.78. The minimum Gasteiger partial charge on any atom is -0.0885 e. The first-order chi connectivity index (χ1) is 7.00. The van der Waals surface area contributed by atoms with Crippen molar-refractivity contribution in [3.63, 3.8) is 0 Å². The summed E-state index contributed by atoms with van der Waals surface area (Å²) < 4.78 is 0. The lowest BCUT2D eigenvalue weighted by molar-refractivity contribution is 0.861. The number of rotatable bonds is 0. The van der Waals surface area contributed by atoms with Gasteiger partial charge in [-0.2, -0.15) is 0 Å². The first-order valence-electron chi connectivity index (χ1n) is 5.52. The minimum absolute atomic E-state index is 1.01. The van der Waals surface area contributed by atoms with Crippen LogP contribution in [0.5, 0.6) is 0 Å². The molecule has 0 aromatic heterocycles. The van der Waals surface area contributed by atoms with Gasteiger partial charge in [0.15, 0.2) is 0 Å². The molecule has 0 nitrogen and oxygen atoms in total. The molecule has 0 unspecified atom stereocenters. The maximum atomic E-state index is 3.29. The Hall–Kier alpha value is -1.04. The third kappa shape index (κ3) is 6.47. The van der Waals surface area contributed by atoms with Crippen molar-refractivity contribution in [1.82, 2.24) is 0 Å². The highest BCUT2D eigenvalue weighted by atomic mass is 13.9. The van der Waals surface area contributed by atoms with Crippen molar-refractivity contribution in [3.8, 4) is 0 Å². The molecule has 0 fully saturated rings. The monoisotopic (exact) mass is 187 g/mol. The summed E-state index contributed by atoms with van der Waals surface area (Å²) in [4.78, 5) is 0. The van der Waals surface area contributed by atoms with Crippen molar-refractivity contribution >= 4 is 0 Å². The van der Waals surface area contributed by atoms with Crippen LogP contribution >= 0.6 is 0 Å². The first-order valence-corrected chi connectivity index (χ1v) is 5.52. The lowest BCUT2D eigenvalue weighted by Gasteiger charge is -1.91. The van der Waals surface area contributed by atoms with E-state index in [0.29, 0.717) is 0 Å². The zero-order chi connectivity index (χ0) is 9.90. The summed E-state index contributed by atoms with van der Waals surface area (Å²) in [5.41, 5.74) is 0. The van der Waals surface area contributed by atoms with Crippen molar-refractivity contribution in [3.05, 3.63) is 48.6 Å². The van der Waals surface area contributed by atoms with Crippen molar-refractivity contribution in [2.75, 3.05) is 0 Å². The molecule has 1 rings (SSSR count). The fourth-order valence-corrected chi connectivity index (χ4v) is 1.34. The van der Waals surface area contributed by atoms with Gasteiger partial charge in [0.05, 0.1) is 0 Å². The molecular formula is C14H19. The third-order valence-corrected chi connectivity index (χ3v) is 2.15. The number of hydrogen-bond acceptors (Lipinski definition) is 0. The quantitative estimate of drug-likeness (QED) is 0.494. The Labute approximate surface area is 87.7 Å². The average Bonchev–Trinajstić information content (AvgIpc) is 2.22. The second-order valence-corrected chi connectivity index (χ2v) is 3.44. The van der Waals surface area contributed by atoms with Gasteiger partial charge in [0.2, 0.25) is 0 Å². The summed E-state index contributed by atoms with van der Waals surface area (Å²) >= 11 is 0. The minimum atomic E-state index is 1.01. The van der Waals surface area contributed by atoms with E-state index < -0.39 is 0 Å². The molecule has 0 saturated heterocycles. The summed E-state index contributed by atoms with van der Waals surface area (Å²) in [5, 5.41) is 0. The molecule has 1 aliphatic rings. The molecule has 0 aromatic carbocycles. The van der Waals surface area contributed by atoms with Crippen LogP contribution in [-0.4, -0.2) is 0 Å². The molecule has 1 aliphatic carbocycles. The Kier molecular flexibility index (Phi) is 6.74. The molecule has 0 bridgehead atoms. The highest BCUT2D eigenvalue weighted by molar-refractivity contribution is 5.04. The van der Waals surface area contributed by atoms with Crippen LogP contribution < -0.4 is 0 Å². The predicted molar refractivity (Wildman–Crippen MR) is 62.9 cm³/mol. The topological polar surface area (TPSA) is 0 Å².